The second-order valence-corrected chi connectivity index (χ2v) is 6.38. The van der Waals surface area contributed by atoms with E-state index in [-0.39, 0.29) is 11.9 Å². The molecule has 1 aromatic heterocycles. The Morgan fingerprint density at radius 1 is 1.16 bits per heavy atom. The fraction of sp³-hybridized carbons (Fsp3) is 0.167. The van der Waals surface area contributed by atoms with E-state index in [1.54, 1.807) is 37.3 Å². The highest BCUT2D eigenvalue weighted by atomic mass is 35.5. The number of aryl methyl sites for hydroxylation is 1. The normalized spacial score (nSPS) is 12.0. The summed E-state index contributed by atoms with van der Waals surface area (Å²) in [5.41, 5.74) is 1.90. The number of rotatable bonds is 4. The van der Waals surface area contributed by atoms with E-state index >= 15 is 0 Å². The number of nitrogens with zero attached hydrogens (tertiary/aromatic N) is 2. The van der Waals surface area contributed by atoms with Gasteiger partial charge in [-0.25, -0.2) is 0 Å². The summed E-state index contributed by atoms with van der Waals surface area (Å²) in [6, 6.07) is 12.1. The maximum absolute atomic E-state index is 12.7. The minimum Gasteiger partial charge on any atom is -0.345 e. The van der Waals surface area contributed by atoms with Crippen molar-refractivity contribution in [2.45, 2.75) is 19.9 Å². The van der Waals surface area contributed by atoms with Gasteiger partial charge in [-0.1, -0.05) is 46.6 Å². The summed E-state index contributed by atoms with van der Waals surface area (Å²) in [7, 11) is 0. The molecule has 5 nitrogen and oxygen atoms in total. The Labute approximate surface area is 155 Å². The predicted molar refractivity (Wildman–Crippen MR) is 96.8 cm³/mol. The summed E-state index contributed by atoms with van der Waals surface area (Å²) in [5, 5.41) is 7.64. The largest absolute Gasteiger partial charge is 0.345 e. The quantitative estimate of drug-likeness (QED) is 0.707. The van der Waals surface area contributed by atoms with Gasteiger partial charge in [0, 0.05) is 0 Å². The second-order valence-electron chi connectivity index (χ2n) is 5.56. The van der Waals surface area contributed by atoms with Gasteiger partial charge in [-0.2, -0.15) is 4.98 Å². The highest BCUT2D eigenvalue weighted by molar-refractivity contribution is 6.42. The Kier molecular flexibility index (Phi) is 5.06. The van der Waals surface area contributed by atoms with E-state index in [9.17, 15) is 4.79 Å². The Morgan fingerprint density at radius 3 is 2.60 bits per heavy atom. The number of amides is 1. The average Bonchev–Trinajstić information content (AvgIpc) is 3.03. The first kappa shape index (κ1) is 17.5. The molecule has 7 heteroatoms. The molecule has 0 saturated carbocycles. The molecule has 1 unspecified atom stereocenters. The topological polar surface area (TPSA) is 68.0 Å². The smallest absolute Gasteiger partial charge is 0.258 e. The molecule has 0 aliphatic carbocycles. The zero-order valence-electron chi connectivity index (χ0n) is 13.6. The van der Waals surface area contributed by atoms with Crippen LogP contribution in [0, 0.1) is 6.92 Å². The fourth-order valence-electron chi connectivity index (χ4n) is 2.41. The molecule has 0 spiro atoms. The van der Waals surface area contributed by atoms with Crippen molar-refractivity contribution in [3.8, 4) is 11.5 Å². The van der Waals surface area contributed by atoms with E-state index in [1.807, 2.05) is 19.1 Å². The summed E-state index contributed by atoms with van der Waals surface area (Å²) in [5.74, 6) is 0.574. The lowest BCUT2D eigenvalue weighted by atomic mass is 10.0. The Morgan fingerprint density at radius 2 is 1.92 bits per heavy atom. The van der Waals surface area contributed by atoms with Crippen molar-refractivity contribution in [1.82, 2.24) is 15.5 Å². The number of hydrogen-bond donors (Lipinski definition) is 1. The van der Waals surface area contributed by atoms with E-state index in [0.717, 1.165) is 5.56 Å². The second kappa shape index (κ2) is 7.25. The number of benzene rings is 2. The van der Waals surface area contributed by atoms with Gasteiger partial charge in [-0.3, -0.25) is 4.79 Å². The molecular formula is C18H15Cl2N3O2. The molecule has 1 atom stereocenters. The van der Waals surface area contributed by atoms with Crippen molar-refractivity contribution in [2.24, 2.45) is 0 Å². The zero-order chi connectivity index (χ0) is 18.0. The highest BCUT2D eigenvalue weighted by Crippen LogP contribution is 2.26. The number of hydrogen-bond acceptors (Lipinski definition) is 4. The third-order valence-corrected chi connectivity index (χ3v) is 4.46. The van der Waals surface area contributed by atoms with Gasteiger partial charge in [0.15, 0.2) is 5.82 Å². The van der Waals surface area contributed by atoms with Crippen LogP contribution in [-0.2, 0) is 0 Å². The van der Waals surface area contributed by atoms with Crippen LogP contribution in [-0.4, -0.2) is 16.0 Å². The third kappa shape index (κ3) is 3.83. The number of carbonyl (C=O) groups is 1. The fourth-order valence-corrected chi connectivity index (χ4v) is 2.72. The van der Waals surface area contributed by atoms with E-state index in [1.165, 1.54) is 0 Å². The molecule has 3 rings (SSSR count). The first-order valence-corrected chi connectivity index (χ1v) is 8.37. The number of carbonyl (C=O) groups excluding carboxylic acids is 1. The zero-order valence-corrected chi connectivity index (χ0v) is 15.1. The number of nitrogens with one attached hydrogen (secondary N) is 1. The lowest BCUT2D eigenvalue weighted by molar-refractivity contribution is 0.0940. The summed E-state index contributed by atoms with van der Waals surface area (Å²) in [6.45, 7) is 3.60. The Balaban J connectivity index is 1.85. The third-order valence-electron chi connectivity index (χ3n) is 3.72. The molecule has 0 radical (unpaired) electrons. The van der Waals surface area contributed by atoms with Crippen molar-refractivity contribution in [2.75, 3.05) is 0 Å². The molecule has 25 heavy (non-hydrogen) atoms. The lowest BCUT2D eigenvalue weighted by Crippen LogP contribution is -2.27. The molecule has 0 aliphatic rings. The van der Waals surface area contributed by atoms with Crippen LogP contribution in [0.3, 0.4) is 0 Å². The lowest BCUT2D eigenvalue weighted by Gasteiger charge is -2.16. The van der Waals surface area contributed by atoms with Crippen molar-refractivity contribution in [3.63, 3.8) is 0 Å². The van der Waals surface area contributed by atoms with Gasteiger partial charge in [-0.15, -0.1) is 0 Å². The summed E-state index contributed by atoms with van der Waals surface area (Å²) < 4.78 is 5.19. The molecule has 3 aromatic rings. The average molecular weight is 376 g/mol. The predicted octanol–water partition coefficient (Wildman–Crippen LogP) is 4.84. The molecule has 1 amide bonds. The van der Waals surface area contributed by atoms with Gasteiger partial charge in [0.25, 0.3) is 11.8 Å². The van der Waals surface area contributed by atoms with Crippen LogP contribution >= 0.6 is 23.2 Å². The summed E-state index contributed by atoms with van der Waals surface area (Å²) >= 11 is 12.0. The van der Waals surface area contributed by atoms with Crippen LogP contribution in [0.25, 0.3) is 11.5 Å². The van der Waals surface area contributed by atoms with Gasteiger partial charge < -0.3 is 9.84 Å². The molecule has 0 bridgehead atoms. The minimum atomic E-state index is -0.250. The van der Waals surface area contributed by atoms with Crippen LogP contribution in [0.2, 0.25) is 10.0 Å². The van der Waals surface area contributed by atoms with Gasteiger partial charge in [0.1, 0.15) is 0 Å². The molecule has 0 saturated heterocycles. The molecule has 1 heterocycles. The molecule has 0 aliphatic heterocycles. The van der Waals surface area contributed by atoms with Crippen LogP contribution in [0.1, 0.15) is 34.7 Å². The van der Waals surface area contributed by atoms with Gasteiger partial charge in [0.05, 0.1) is 27.2 Å². The maximum atomic E-state index is 12.7. The molecule has 0 fully saturated rings. The standard InChI is InChI=1S/C18H15Cl2N3O2/c1-10(12-7-8-15(19)16(20)9-12)21-17(24)13-5-3-4-6-14(13)18-22-11(2)23-25-18/h3-10H,1-2H3,(H,21,24). The van der Waals surface area contributed by atoms with Crippen LogP contribution in [0.4, 0.5) is 0 Å². The molecule has 1 N–H and O–H groups in total. The highest BCUT2D eigenvalue weighted by Gasteiger charge is 2.19. The summed E-state index contributed by atoms with van der Waals surface area (Å²) in [6.07, 6.45) is 0. The minimum absolute atomic E-state index is 0.245. The van der Waals surface area contributed by atoms with Gasteiger partial charge >= 0.3 is 0 Å². The molecule has 128 valence electrons. The van der Waals surface area contributed by atoms with E-state index < -0.39 is 0 Å². The van der Waals surface area contributed by atoms with Crippen LogP contribution in [0.15, 0.2) is 47.0 Å². The molecular weight excluding hydrogens is 361 g/mol. The van der Waals surface area contributed by atoms with Crippen molar-refractivity contribution in [3.05, 3.63) is 69.5 Å². The van der Waals surface area contributed by atoms with Crippen molar-refractivity contribution in [1.29, 1.82) is 0 Å². The summed E-state index contributed by atoms with van der Waals surface area (Å²) in [4.78, 5) is 16.9. The molecule has 2 aromatic carbocycles. The van der Waals surface area contributed by atoms with Crippen LogP contribution in [0.5, 0.6) is 0 Å². The number of aromatic nitrogens is 2. The number of halogens is 2. The van der Waals surface area contributed by atoms with Gasteiger partial charge in [0.2, 0.25) is 0 Å². The van der Waals surface area contributed by atoms with E-state index in [2.05, 4.69) is 15.5 Å². The van der Waals surface area contributed by atoms with Crippen molar-refractivity contribution < 1.29 is 9.32 Å². The maximum Gasteiger partial charge on any atom is 0.258 e. The van der Waals surface area contributed by atoms with Crippen LogP contribution < -0.4 is 5.32 Å². The monoisotopic (exact) mass is 375 g/mol. The van der Waals surface area contributed by atoms with Gasteiger partial charge in [-0.05, 0) is 43.7 Å². The first-order valence-electron chi connectivity index (χ1n) is 7.61. The van der Waals surface area contributed by atoms with Crippen molar-refractivity contribution >= 4 is 29.1 Å². The van der Waals surface area contributed by atoms with E-state index in [4.69, 9.17) is 27.7 Å². The SMILES string of the molecule is Cc1noc(-c2ccccc2C(=O)NC(C)c2ccc(Cl)c(Cl)c2)n1. The van der Waals surface area contributed by atoms with E-state index in [0.29, 0.717) is 32.9 Å². The Hall–Kier alpha value is -2.37. The first-order chi connectivity index (χ1) is 12.0. The Bertz CT molecular complexity index is 924.